The molecule has 1 rings (SSSR count). The molecule has 1 aromatic carbocycles. The summed E-state index contributed by atoms with van der Waals surface area (Å²) in [5.74, 6) is -0.728. The molecular formula is C16H22O3S. The molecule has 0 fully saturated rings. The molecule has 1 aromatic rings. The first-order valence-electron chi connectivity index (χ1n) is 6.97. The smallest absolute Gasteiger partial charge is 0.316 e. The van der Waals surface area contributed by atoms with Crippen LogP contribution in [0.25, 0.3) is 0 Å². The van der Waals surface area contributed by atoms with E-state index < -0.39 is 5.92 Å². The molecule has 0 heterocycles. The largest absolute Gasteiger partial charge is 0.465 e. The third-order valence-electron chi connectivity index (χ3n) is 3.00. The second-order valence-corrected chi connectivity index (χ2v) is 5.63. The SMILES string of the molecule is CCCC(C(=O)CSc1ccccc1C)C(=O)OCC. The first-order valence-corrected chi connectivity index (χ1v) is 7.96. The third-order valence-corrected chi connectivity index (χ3v) is 4.20. The maximum Gasteiger partial charge on any atom is 0.316 e. The molecule has 0 saturated carbocycles. The Bertz CT molecular complexity index is 457. The van der Waals surface area contributed by atoms with Gasteiger partial charge in [0.15, 0.2) is 5.78 Å². The van der Waals surface area contributed by atoms with E-state index in [0.29, 0.717) is 18.8 Å². The second kappa shape index (κ2) is 8.80. The highest BCUT2D eigenvalue weighted by molar-refractivity contribution is 8.00. The summed E-state index contributed by atoms with van der Waals surface area (Å²) < 4.78 is 4.98. The number of Topliss-reactive ketones (excluding diaryl/α,β-unsaturated/α-hetero) is 1. The van der Waals surface area contributed by atoms with Gasteiger partial charge >= 0.3 is 5.97 Å². The number of esters is 1. The summed E-state index contributed by atoms with van der Waals surface area (Å²) in [5, 5.41) is 0. The van der Waals surface area contributed by atoms with Crippen LogP contribution in [0.3, 0.4) is 0 Å². The number of hydrogen-bond donors (Lipinski definition) is 0. The summed E-state index contributed by atoms with van der Waals surface area (Å²) in [7, 11) is 0. The molecule has 0 aliphatic carbocycles. The lowest BCUT2D eigenvalue weighted by Crippen LogP contribution is -2.27. The number of hydrogen-bond acceptors (Lipinski definition) is 4. The molecule has 4 heteroatoms. The number of ether oxygens (including phenoxy) is 1. The van der Waals surface area contributed by atoms with E-state index in [9.17, 15) is 9.59 Å². The van der Waals surface area contributed by atoms with E-state index in [1.807, 2.05) is 38.1 Å². The number of thioether (sulfide) groups is 1. The van der Waals surface area contributed by atoms with Gasteiger partial charge in [0.25, 0.3) is 0 Å². The number of aryl methyl sites for hydroxylation is 1. The van der Waals surface area contributed by atoms with Crippen LogP contribution in [0, 0.1) is 12.8 Å². The molecule has 20 heavy (non-hydrogen) atoms. The van der Waals surface area contributed by atoms with Crippen LogP contribution in [-0.2, 0) is 14.3 Å². The number of ketones is 1. The molecule has 0 radical (unpaired) electrons. The summed E-state index contributed by atoms with van der Waals surface area (Å²) in [4.78, 5) is 25.1. The molecule has 110 valence electrons. The van der Waals surface area contributed by atoms with E-state index >= 15 is 0 Å². The molecule has 3 nitrogen and oxygen atoms in total. The molecule has 0 aromatic heterocycles. The van der Waals surface area contributed by atoms with E-state index in [1.165, 1.54) is 11.8 Å². The van der Waals surface area contributed by atoms with Gasteiger partial charge in [-0.25, -0.2) is 0 Å². The summed E-state index contributed by atoms with van der Waals surface area (Å²) in [5.41, 5.74) is 1.15. The van der Waals surface area contributed by atoms with Gasteiger partial charge in [0.05, 0.1) is 12.4 Å². The average molecular weight is 294 g/mol. The Labute approximate surface area is 125 Å². The van der Waals surface area contributed by atoms with Crippen LogP contribution in [0.15, 0.2) is 29.2 Å². The van der Waals surface area contributed by atoms with Gasteiger partial charge in [-0.1, -0.05) is 31.5 Å². The minimum Gasteiger partial charge on any atom is -0.465 e. The maximum absolute atomic E-state index is 12.2. The summed E-state index contributed by atoms with van der Waals surface area (Å²) >= 11 is 1.49. The molecule has 0 saturated heterocycles. The van der Waals surface area contributed by atoms with Gasteiger partial charge in [-0.15, -0.1) is 11.8 Å². The fourth-order valence-corrected chi connectivity index (χ4v) is 2.88. The van der Waals surface area contributed by atoms with Crippen molar-refractivity contribution >= 4 is 23.5 Å². The molecular weight excluding hydrogens is 272 g/mol. The molecule has 0 aliphatic heterocycles. The fourth-order valence-electron chi connectivity index (χ4n) is 1.91. The lowest BCUT2D eigenvalue weighted by molar-refractivity contribution is -0.151. The highest BCUT2D eigenvalue weighted by Crippen LogP contribution is 2.23. The highest BCUT2D eigenvalue weighted by atomic mass is 32.2. The van der Waals surface area contributed by atoms with Crippen LogP contribution in [0.2, 0.25) is 0 Å². The monoisotopic (exact) mass is 294 g/mol. The Hall–Kier alpha value is -1.29. The first kappa shape index (κ1) is 16.8. The predicted molar refractivity (Wildman–Crippen MR) is 81.9 cm³/mol. The van der Waals surface area contributed by atoms with E-state index in [4.69, 9.17) is 4.74 Å². The second-order valence-electron chi connectivity index (χ2n) is 4.61. The van der Waals surface area contributed by atoms with Crippen LogP contribution in [-0.4, -0.2) is 24.1 Å². The highest BCUT2D eigenvalue weighted by Gasteiger charge is 2.26. The van der Waals surface area contributed by atoms with Crippen molar-refractivity contribution in [3.63, 3.8) is 0 Å². The topological polar surface area (TPSA) is 43.4 Å². The zero-order valence-corrected chi connectivity index (χ0v) is 13.2. The molecule has 1 atom stereocenters. The van der Waals surface area contributed by atoms with Gasteiger partial charge in [0.1, 0.15) is 5.92 Å². The summed E-state index contributed by atoms with van der Waals surface area (Å²) in [6.07, 6.45) is 1.36. The molecule has 0 amide bonds. The quantitative estimate of drug-likeness (QED) is 0.417. The molecule has 0 bridgehead atoms. The van der Waals surface area contributed by atoms with E-state index in [1.54, 1.807) is 6.92 Å². The van der Waals surface area contributed by atoms with Crippen molar-refractivity contribution < 1.29 is 14.3 Å². The van der Waals surface area contributed by atoms with Crippen molar-refractivity contribution in [1.29, 1.82) is 0 Å². The van der Waals surface area contributed by atoms with Crippen molar-refractivity contribution in [2.24, 2.45) is 5.92 Å². The third kappa shape index (κ3) is 5.00. The Morgan fingerprint density at radius 3 is 2.55 bits per heavy atom. The molecule has 0 N–H and O–H groups in total. The van der Waals surface area contributed by atoms with Crippen molar-refractivity contribution in [2.75, 3.05) is 12.4 Å². The number of benzene rings is 1. The van der Waals surface area contributed by atoms with E-state index in [2.05, 4.69) is 0 Å². The van der Waals surface area contributed by atoms with Gasteiger partial charge in [0, 0.05) is 4.90 Å². The summed E-state index contributed by atoms with van der Waals surface area (Å²) in [6.45, 7) is 6.06. The van der Waals surface area contributed by atoms with Crippen LogP contribution >= 0.6 is 11.8 Å². The number of carbonyl (C=O) groups excluding carboxylic acids is 2. The van der Waals surface area contributed by atoms with Crippen LogP contribution < -0.4 is 0 Å². The fraction of sp³-hybridized carbons (Fsp3) is 0.500. The van der Waals surface area contributed by atoms with Crippen LogP contribution in [0.4, 0.5) is 0 Å². The van der Waals surface area contributed by atoms with E-state index in [-0.39, 0.29) is 11.8 Å². The Morgan fingerprint density at radius 2 is 1.95 bits per heavy atom. The standard InChI is InChI=1S/C16H22O3S/c1-4-8-13(16(18)19-5-2)14(17)11-20-15-10-7-6-9-12(15)3/h6-7,9-10,13H,4-5,8,11H2,1-3H3. The Morgan fingerprint density at radius 1 is 1.25 bits per heavy atom. The molecule has 1 unspecified atom stereocenters. The average Bonchev–Trinajstić information content (AvgIpc) is 2.43. The number of rotatable bonds is 8. The number of carbonyl (C=O) groups is 2. The van der Waals surface area contributed by atoms with Crippen molar-refractivity contribution in [1.82, 2.24) is 0 Å². The van der Waals surface area contributed by atoms with Crippen LogP contribution in [0.1, 0.15) is 32.3 Å². The van der Waals surface area contributed by atoms with Gasteiger partial charge in [-0.2, -0.15) is 0 Å². The van der Waals surface area contributed by atoms with Crippen LogP contribution in [0.5, 0.6) is 0 Å². The first-order chi connectivity index (χ1) is 9.60. The van der Waals surface area contributed by atoms with Crippen molar-refractivity contribution in [2.45, 2.75) is 38.5 Å². The van der Waals surface area contributed by atoms with Crippen molar-refractivity contribution in [3.8, 4) is 0 Å². The minimum atomic E-state index is -0.614. The Balaban J connectivity index is 2.62. The lowest BCUT2D eigenvalue weighted by Gasteiger charge is -2.13. The van der Waals surface area contributed by atoms with Gasteiger partial charge in [0.2, 0.25) is 0 Å². The zero-order chi connectivity index (χ0) is 15.0. The van der Waals surface area contributed by atoms with Crippen molar-refractivity contribution in [3.05, 3.63) is 29.8 Å². The van der Waals surface area contributed by atoms with Gasteiger partial charge in [-0.3, -0.25) is 9.59 Å². The molecule has 0 spiro atoms. The van der Waals surface area contributed by atoms with Gasteiger partial charge < -0.3 is 4.74 Å². The predicted octanol–water partition coefficient (Wildman–Crippen LogP) is 3.64. The van der Waals surface area contributed by atoms with E-state index in [0.717, 1.165) is 16.9 Å². The normalized spacial score (nSPS) is 11.9. The minimum absolute atomic E-state index is 0.0430. The summed E-state index contributed by atoms with van der Waals surface area (Å²) in [6, 6.07) is 7.93. The molecule has 0 aliphatic rings. The zero-order valence-electron chi connectivity index (χ0n) is 12.3. The Kier molecular flexibility index (Phi) is 7.37. The lowest BCUT2D eigenvalue weighted by atomic mass is 10.00. The maximum atomic E-state index is 12.2. The van der Waals surface area contributed by atoms with Gasteiger partial charge in [-0.05, 0) is 31.9 Å².